The molecule has 4 rings (SSSR count). The van der Waals surface area contributed by atoms with E-state index in [0.29, 0.717) is 5.88 Å². The van der Waals surface area contributed by atoms with Gasteiger partial charge in [0, 0.05) is 44.7 Å². The van der Waals surface area contributed by atoms with E-state index in [-0.39, 0.29) is 12.0 Å². The summed E-state index contributed by atoms with van der Waals surface area (Å²) in [6, 6.07) is 4.58. The monoisotopic (exact) mass is 357 g/mol. The maximum Gasteiger partial charge on any atom is 0.255 e. The molecule has 1 aromatic rings. The van der Waals surface area contributed by atoms with Crippen molar-refractivity contribution in [3.63, 3.8) is 0 Å². The van der Waals surface area contributed by atoms with Crippen LogP contribution in [0.25, 0.3) is 0 Å². The molecule has 2 fully saturated rings. The number of carbonyl (C=O) groups excluding carboxylic acids is 1. The molecule has 26 heavy (non-hydrogen) atoms. The van der Waals surface area contributed by atoms with Gasteiger partial charge in [0.25, 0.3) is 5.91 Å². The van der Waals surface area contributed by atoms with Crippen molar-refractivity contribution < 1.29 is 9.53 Å². The first-order valence-corrected chi connectivity index (χ1v) is 10.4. The van der Waals surface area contributed by atoms with Crippen molar-refractivity contribution in [2.24, 2.45) is 0 Å². The average molecular weight is 357 g/mol. The minimum absolute atomic E-state index is 0.105. The fourth-order valence-corrected chi connectivity index (χ4v) is 4.72. The SMILES string of the molecule is CCN1CCc2nc(OC3CCN(C4CCCCC4)CC3)ccc2C1=O. The molecular formula is C21H31N3O2. The smallest absolute Gasteiger partial charge is 0.255 e. The van der Waals surface area contributed by atoms with E-state index in [1.54, 1.807) is 0 Å². The van der Waals surface area contributed by atoms with Crippen molar-refractivity contribution in [2.45, 2.75) is 70.4 Å². The van der Waals surface area contributed by atoms with Gasteiger partial charge in [-0.15, -0.1) is 0 Å². The molecule has 142 valence electrons. The first-order valence-electron chi connectivity index (χ1n) is 10.4. The van der Waals surface area contributed by atoms with Gasteiger partial charge in [0.2, 0.25) is 5.88 Å². The van der Waals surface area contributed by atoms with Crippen molar-refractivity contribution >= 4 is 5.91 Å². The third kappa shape index (κ3) is 3.73. The van der Waals surface area contributed by atoms with E-state index in [2.05, 4.69) is 9.88 Å². The van der Waals surface area contributed by atoms with E-state index in [1.807, 2.05) is 24.0 Å². The number of ether oxygens (including phenoxy) is 1. The summed E-state index contributed by atoms with van der Waals surface area (Å²) >= 11 is 0. The second kappa shape index (κ2) is 7.95. The molecule has 1 aliphatic carbocycles. The number of aromatic nitrogens is 1. The normalized spacial score (nSPS) is 23.1. The molecule has 3 heterocycles. The number of likely N-dealkylation sites (N-methyl/N-ethyl adjacent to an activating group) is 1. The van der Waals surface area contributed by atoms with E-state index in [0.717, 1.165) is 62.7 Å². The van der Waals surface area contributed by atoms with Gasteiger partial charge in [0.05, 0.1) is 11.3 Å². The summed E-state index contributed by atoms with van der Waals surface area (Å²) in [7, 11) is 0. The molecule has 5 nitrogen and oxygen atoms in total. The Labute approximate surface area is 156 Å². The van der Waals surface area contributed by atoms with Crippen LogP contribution in [-0.2, 0) is 6.42 Å². The van der Waals surface area contributed by atoms with Gasteiger partial charge < -0.3 is 14.5 Å². The number of rotatable bonds is 4. The summed E-state index contributed by atoms with van der Waals surface area (Å²) in [6.45, 7) is 5.83. The van der Waals surface area contributed by atoms with Gasteiger partial charge >= 0.3 is 0 Å². The zero-order valence-corrected chi connectivity index (χ0v) is 16.0. The Morgan fingerprint density at radius 2 is 1.85 bits per heavy atom. The standard InChI is InChI=1S/C21H31N3O2/c1-2-23-15-12-19-18(21(23)25)8-9-20(22-19)26-17-10-13-24(14-11-17)16-6-4-3-5-7-16/h8-9,16-17H,2-7,10-15H2,1H3. The van der Waals surface area contributed by atoms with Crippen LogP contribution in [-0.4, -0.2) is 59.0 Å². The molecule has 1 amide bonds. The molecule has 5 heteroatoms. The molecule has 0 bridgehead atoms. The van der Waals surface area contributed by atoms with Crippen LogP contribution < -0.4 is 4.74 Å². The zero-order valence-electron chi connectivity index (χ0n) is 16.0. The molecule has 0 atom stereocenters. The third-order valence-electron chi connectivity index (χ3n) is 6.32. The molecule has 1 saturated heterocycles. The minimum Gasteiger partial charge on any atom is -0.474 e. The lowest BCUT2D eigenvalue weighted by Gasteiger charge is -2.39. The number of fused-ring (bicyclic) bond motifs is 1. The highest BCUT2D eigenvalue weighted by molar-refractivity contribution is 5.96. The summed E-state index contributed by atoms with van der Waals surface area (Å²) in [4.78, 5) is 21.6. The number of carbonyl (C=O) groups is 1. The molecular weight excluding hydrogens is 326 g/mol. The summed E-state index contributed by atoms with van der Waals surface area (Å²) in [5.41, 5.74) is 1.65. The number of piperidine rings is 1. The van der Waals surface area contributed by atoms with Crippen molar-refractivity contribution in [1.29, 1.82) is 0 Å². The second-order valence-electron chi connectivity index (χ2n) is 7.92. The molecule has 1 aromatic heterocycles. The van der Waals surface area contributed by atoms with Crippen LogP contribution in [0.2, 0.25) is 0 Å². The van der Waals surface area contributed by atoms with E-state index in [4.69, 9.17) is 4.74 Å². The predicted molar refractivity (Wildman–Crippen MR) is 102 cm³/mol. The van der Waals surface area contributed by atoms with Gasteiger partial charge in [0.1, 0.15) is 6.10 Å². The lowest BCUT2D eigenvalue weighted by atomic mass is 9.92. The van der Waals surface area contributed by atoms with Gasteiger partial charge in [-0.25, -0.2) is 4.98 Å². The molecule has 3 aliphatic rings. The quantitative estimate of drug-likeness (QED) is 0.830. The summed E-state index contributed by atoms with van der Waals surface area (Å²) in [5.74, 6) is 0.797. The van der Waals surface area contributed by atoms with Gasteiger partial charge in [-0.3, -0.25) is 4.79 Å². The topological polar surface area (TPSA) is 45.7 Å². The fourth-order valence-electron chi connectivity index (χ4n) is 4.72. The molecule has 0 aromatic carbocycles. The van der Waals surface area contributed by atoms with Crippen molar-refractivity contribution in [1.82, 2.24) is 14.8 Å². The van der Waals surface area contributed by atoms with Crippen LogP contribution in [0.1, 0.15) is 67.9 Å². The first-order chi connectivity index (χ1) is 12.7. The molecule has 0 spiro atoms. The van der Waals surface area contributed by atoms with Crippen LogP contribution in [0, 0.1) is 0 Å². The molecule has 0 radical (unpaired) electrons. The maximum atomic E-state index is 12.4. The van der Waals surface area contributed by atoms with Gasteiger partial charge in [-0.05, 0) is 38.7 Å². The van der Waals surface area contributed by atoms with Gasteiger partial charge in [-0.1, -0.05) is 19.3 Å². The lowest BCUT2D eigenvalue weighted by molar-refractivity contribution is 0.0605. The minimum atomic E-state index is 0.105. The third-order valence-corrected chi connectivity index (χ3v) is 6.32. The van der Waals surface area contributed by atoms with Crippen molar-refractivity contribution in [3.05, 3.63) is 23.4 Å². The highest BCUT2D eigenvalue weighted by atomic mass is 16.5. The average Bonchev–Trinajstić information content (AvgIpc) is 2.69. The van der Waals surface area contributed by atoms with Crippen LogP contribution in [0.15, 0.2) is 12.1 Å². The summed E-state index contributed by atoms with van der Waals surface area (Å²) < 4.78 is 6.18. The fraction of sp³-hybridized carbons (Fsp3) is 0.714. The molecule has 0 N–H and O–H groups in total. The Morgan fingerprint density at radius 1 is 1.08 bits per heavy atom. The number of nitrogens with zero attached hydrogens (tertiary/aromatic N) is 3. The zero-order chi connectivity index (χ0) is 17.9. The Morgan fingerprint density at radius 3 is 2.58 bits per heavy atom. The largest absolute Gasteiger partial charge is 0.474 e. The number of likely N-dealkylation sites (tertiary alicyclic amines) is 1. The summed E-state index contributed by atoms with van der Waals surface area (Å²) in [5, 5.41) is 0. The number of pyridine rings is 1. The Balaban J connectivity index is 1.33. The number of hydrogen-bond acceptors (Lipinski definition) is 4. The lowest BCUT2D eigenvalue weighted by Crippen LogP contribution is -2.44. The van der Waals surface area contributed by atoms with Crippen molar-refractivity contribution in [2.75, 3.05) is 26.2 Å². The maximum absolute atomic E-state index is 12.4. The molecule has 1 saturated carbocycles. The van der Waals surface area contributed by atoms with Crippen LogP contribution >= 0.6 is 0 Å². The number of hydrogen-bond donors (Lipinski definition) is 0. The molecule has 2 aliphatic heterocycles. The molecule has 0 unspecified atom stereocenters. The Kier molecular flexibility index (Phi) is 5.44. The van der Waals surface area contributed by atoms with E-state index in [1.165, 1.54) is 32.1 Å². The van der Waals surface area contributed by atoms with E-state index in [9.17, 15) is 4.79 Å². The van der Waals surface area contributed by atoms with E-state index < -0.39 is 0 Å². The van der Waals surface area contributed by atoms with Crippen LogP contribution in [0.5, 0.6) is 5.88 Å². The number of amides is 1. The van der Waals surface area contributed by atoms with Gasteiger partial charge in [-0.2, -0.15) is 0 Å². The highest BCUT2D eigenvalue weighted by Gasteiger charge is 2.28. The highest BCUT2D eigenvalue weighted by Crippen LogP contribution is 2.27. The predicted octanol–water partition coefficient (Wildman–Crippen LogP) is 3.28. The van der Waals surface area contributed by atoms with Crippen molar-refractivity contribution in [3.8, 4) is 5.88 Å². The van der Waals surface area contributed by atoms with Crippen LogP contribution in [0.3, 0.4) is 0 Å². The Bertz CT molecular complexity index is 634. The Hall–Kier alpha value is -1.62. The summed E-state index contributed by atoms with van der Waals surface area (Å²) in [6.07, 6.45) is 10.2. The van der Waals surface area contributed by atoms with Crippen LogP contribution in [0.4, 0.5) is 0 Å². The van der Waals surface area contributed by atoms with Gasteiger partial charge in [0.15, 0.2) is 0 Å². The van der Waals surface area contributed by atoms with E-state index >= 15 is 0 Å². The second-order valence-corrected chi connectivity index (χ2v) is 7.92. The first kappa shape index (κ1) is 17.8.